The molecule has 0 amide bonds. The summed E-state index contributed by atoms with van der Waals surface area (Å²) >= 11 is 6.08. The van der Waals surface area contributed by atoms with Crippen LogP contribution in [0.2, 0.25) is 5.02 Å². The summed E-state index contributed by atoms with van der Waals surface area (Å²) in [4.78, 5) is 13.8. The Kier molecular flexibility index (Phi) is 4.41. The van der Waals surface area contributed by atoms with Crippen LogP contribution in [-0.2, 0) is 7.05 Å². The highest BCUT2D eigenvalue weighted by atomic mass is 35.5. The largest absolute Gasteiger partial charge is 0.336 e. The third-order valence-corrected chi connectivity index (χ3v) is 4.26. The van der Waals surface area contributed by atoms with Crippen LogP contribution >= 0.6 is 11.6 Å². The van der Waals surface area contributed by atoms with Gasteiger partial charge in [-0.25, -0.2) is 4.98 Å². The second-order valence-electron chi connectivity index (χ2n) is 6.48. The van der Waals surface area contributed by atoms with E-state index in [4.69, 9.17) is 11.6 Å². The highest BCUT2D eigenvalue weighted by Crippen LogP contribution is 2.27. The van der Waals surface area contributed by atoms with Gasteiger partial charge in [0.15, 0.2) is 17.0 Å². The molecule has 8 nitrogen and oxygen atoms in total. The molecule has 0 bridgehead atoms. The van der Waals surface area contributed by atoms with Gasteiger partial charge in [-0.05, 0) is 32.0 Å². The molecule has 27 heavy (non-hydrogen) atoms. The number of anilines is 4. The molecular weight excluding hydrogens is 364 g/mol. The number of fused-ring (bicyclic) bond motifs is 1. The Bertz CT molecular complexity index is 1100. The summed E-state index contributed by atoms with van der Waals surface area (Å²) in [6, 6.07) is 7.64. The Morgan fingerprint density at radius 2 is 1.96 bits per heavy atom. The summed E-state index contributed by atoms with van der Waals surface area (Å²) < 4.78 is 3.73. The van der Waals surface area contributed by atoms with Gasteiger partial charge in [0.1, 0.15) is 0 Å². The summed E-state index contributed by atoms with van der Waals surface area (Å²) in [7, 11) is 1.86. The van der Waals surface area contributed by atoms with Gasteiger partial charge in [0, 0.05) is 30.0 Å². The van der Waals surface area contributed by atoms with Crippen molar-refractivity contribution in [3.05, 3.63) is 48.0 Å². The van der Waals surface area contributed by atoms with Gasteiger partial charge in [-0.15, -0.1) is 0 Å². The van der Waals surface area contributed by atoms with Crippen molar-refractivity contribution in [2.24, 2.45) is 7.05 Å². The first kappa shape index (κ1) is 17.3. The zero-order valence-electron chi connectivity index (χ0n) is 15.2. The molecule has 4 aromatic rings. The van der Waals surface area contributed by atoms with Gasteiger partial charge >= 0.3 is 0 Å². The lowest BCUT2D eigenvalue weighted by Gasteiger charge is -2.11. The minimum absolute atomic E-state index is 0.218. The van der Waals surface area contributed by atoms with Crippen LogP contribution < -0.4 is 10.6 Å². The molecule has 2 N–H and O–H groups in total. The molecular formula is C18H19ClN8. The summed E-state index contributed by atoms with van der Waals surface area (Å²) in [6.07, 6.45) is 5.39. The molecule has 0 atom stereocenters. The molecule has 0 aliphatic rings. The Hall–Kier alpha value is -3.13. The summed E-state index contributed by atoms with van der Waals surface area (Å²) in [6.45, 7) is 4.17. The number of rotatable bonds is 5. The zero-order chi connectivity index (χ0) is 19.0. The molecule has 1 aromatic carbocycles. The van der Waals surface area contributed by atoms with E-state index in [1.807, 2.05) is 42.1 Å². The first-order valence-electron chi connectivity index (χ1n) is 8.52. The van der Waals surface area contributed by atoms with Crippen molar-refractivity contribution >= 4 is 45.9 Å². The number of nitrogens with zero attached hydrogens (tertiary/aromatic N) is 6. The number of aromatic nitrogens is 6. The van der Waals surface area contributed by atoms with Crippen molar-refractivity contribution in [2.45, 2.75) is 19.9 Å². The van der Waals surface area contributed by atoms with Crippen molar-refractivity contribution < 1.29 is 0 Å². The average Bonchev–Trinajstić information content (AvgIpc) is 3.21. The van der Waals surface area contributed by atoms with Crippen LogP contribution in [0.1, 0.15) is 19.9 Å². The Morgan fingerprint density at radius 3 is 2.67 bits per heavy atom. The van der Waals surface area contributed by atoms with Crippen LogP contribution in [0.4, 0.5) is 23.1 Å². The van der Waals surface area contributed by atoms with Gasteiger partial charge in [-0.3, -0.25) is 4.68 Å². The van der Waals surface area contributed by atoms with Gasteiger partial charge in [0.2, 0.25) is 5.95 Å². The molecule has 4 rings (SSSR count). The van der Waals surface area contributed by atoms with Gasteiger partial charge < -0.3 is 15.2 Å². The molecule has 0 saturated heterocycles. The molecule has 9 heteroatoms. The molecule has 0 fully saturated rings. The van der Waals surface area contributed by atoms with Crippen LogP contribution in [0.25, 0.3) is 11.2 Å². The topological polar surface area (TPSA) is 85.5 Å². The molecule has 0 aliphatic carbocycles. The molecule has 0 radical (unpaired) electrons. The van der Waals surface area contributed by atoms with E-state index in [-0.39, 0.29) is 6.04 Å². The van der Waals surface area contributed by atoms with Crippen LogP contribution in [0.15, 0.2) is 43.0 Å². The molecule has 0 spiro atoms. The smallest absolute Gasteiger partial charge is 0.231 e. The highest BCUT2D eigenvalue weighted by molar-refractivity contribution is 6.30. The summed E-state index contributed by atoms with van der Waals surface area (Å²) in [5, 5.41) is 11.3. The average molecular weight is 383 g/mol. The summed E-state index contributed by atoms with van der Waals surface area (Å²) in [5.74, 6) is 1.07. The van der Waals surface area contributed by atoms with E-state index in [2.05, 4.69) is 44.5 Å². The molecule has 0 aliphatic heterocycles. The van der Waals surface area contributed by atoms with E-state index >= 15 is 0 Å². The monoisotopic (exact) mass is 382 g/mol. The molecule has 0 unspecified atom stereocenters. The lowest BCUT2D eigenvalue weighted by atomic mass is 10.3. The van der Waals surface area contributed by atoms with Gasteiger partial charge in [0.25, 0.3) is 0 Å². The second-order valence-corrected chi connectivity index (χ2v) is 6.91. The van der Waals surface area contributed by atoms with E-state index in [1.165, 1.54) is 0 Å². The van der Waals surface area contributed by atoms with Gasteiger partial charge in [-0.2, -0.15) is 15.1 Å². The normalized spacial score (nSPS) is 11.3. The Labute approximate surface area is 161 Å². The summed E-state index contributed by atoms with van der Waals surface area (Å²) in [5.41, 5.74) is 3.08. The standard InChI is InChI=1S/C18H19ClN8/c1-11(2)27-10-20-15-16(22-14-8-21-26(3)9-14)24-18(25-17(15)27)23-13-6-4-5-12(19)7-13/h4-11H,1-3H3,(H2,22,23,24,25). The fourth-order valence-corrected chi connectivity index (χ4v) is 2.95. The molecule has 0 saturated carbocycles. The fourth-order valence-electron chi connectivity index (χ4n) is 2.76. The van der Waals surface area contributed by atoms with E-state index < -0.39 is 0 Å². The zero-order valence-corrected chi connectivity index (χ0v) is 15.9. The van der Waals surface area contributed by atoms with Crippen LogP contribution in [0, 0.1) is 0 Å². The van der Waals surface area contributed by atoms with E-state index in [9.17, 15) is 0 Å². The van der Waals surface area contributed by atoms with Crippen molar-refractivity contribution in [1.82, 2.24) is 29.3 Å². The quantitative estimate of drug-likeness (QED) is 0.535. The van der Waals surface area contributed by atoms with E-state index in [0.717, 1.165) is 17.0 Å². The van der Waals surface area contributed by atoms with E-state index in [0.29, 0.717) is 22.3 Å². The van der Waals surface area contributed by atoms with Crippen molar-refractivity contribution in [1.29, 1.82) is 0 Å². The van der Waals surface area contributed by atoms with Crippen molar-refractivity contribution in [2.75, 3.05) is 10.6 Å². The van der Waals surface area contributed by atoms with Gasteiger partial charge in [-0.1, -0.05) is 17.7 Å². The molecule has 3 aromatic heterocycles. The third-order valence-electron chi connectivity index (χ3n) is 4.03. The minimum Gasteiger partial charge on any atom is -0.336 e. The molecule has 138 valence electrons. The lowest BCUT2D eigenvalue weighted by Crippen LogP contribution is -2.05. The van der Waals surface area contributed by atoms with Crippen LogP contribution in [0.5, 0.6) is 0 Å². The third kappa shape index (κ3) is 3.56. The SMILES string of the molecule is CC(C)n1cnc2c(Nc3cnn(C)c3)nc(Nc3cccc(Cl)c3)nc21. The number of nitrogens with one attached hydrogen (secondary N) is 2. The first-order chi connectivity index (χ1) is 13.0. The van der Waals surface area contributed by atoms with Crippen LogP contribution in [0.3, 0.4) is 0 Å². The maximum absolute atomic E-state index is 6.08. The number of hydrogen-bond donors (Lipinski definition) is 2. The van der Waals surface area contributed by atoms with Crippen molar-refractivity contribution in [3.63, 3.8) is 0 Å². The fraction of sp³-hybridized carbons (Fsp3) is 0.222. The Morgan fingerprint density at radius 1 is 1.11 bits per heavy atom. The second kappa shape index (κ2) is 6.88. The maximum Gasteiger partial charge on any atom is 0.231 e. The van der Waals surface area contributed by atoms with Gasteiger partial charge in [0.05, 0.1) is 18.2 Å². The predicted octanol–water partition coefficient (Wildman–Crippen LogP) is 4.28. The first-order valence-corrected chi connectivity index (χ1v) is 8.90. The number of imidazole rings is 1. The number of benzene rings is 1. The Balaban J connectivity index is 1.79. The highest BCUT2D eigenvalue weighted by Gasteiger charge is 2.16. The number of hydrogen-bond acceptors (Lipinski definition) is 6. The predicted molar refractivity (Wildman–Crippen MR) is 107 cm³/mol. The number of aryl methyl sites for hydroxylation is 1. The van der Waals surface area contributed by atoms with E-state index in [1.54, 1.807) is 17.2 Å². The van der Waals surface area contributed by atoms with Crippen LogP contribution in [-0.4, -0.2) is 29.3 Å². The molecule has 3 heterocycles. The van der Waals surface area contributed by atoms with Crippen molar-refractivity contribution in [3.8, 4) is 0 Å². The number of halogens is 1. The maximum atomic E-state index is 6.08. The lowest BCUT2D eigenvalue weighted by molar-refractivity contribution is 0.613. The minimum atomic E-state index is 0.218.